The van der Waals surface area contributed by atoms with E-state index in [0.29, 0.717) is 0 Å². The van der Waals surface area contributed by atoms with Crippen LogP contribution in [0.25, 0.3) is 127 Å². The minimum atomic E-state index is -0.0792. The summed E-state index contributed by atoms with van der Waals surface area (Å²) < 4.78 is 2.50. The molecule has 0 amide bonds. The maximum Gasteiger partial charge on any atom is 0.0622 e. The molecule has 3 atom stereocenters. The molecule has 1 heteroatoms. The smallest absolute Gasteiger partial charge is 0.0622 e. The first-order valence-electron chi connectivity index (χ1n) is 36.3. The van der Waals surface area contributed by atoms with Crippen molar-refractivity contribution >= 4 is 43.4 Å². The normalized spacial score (nSPS) is 16.1. The molecule has 1 heterocycles. The van der Waals surface area contributed by atoms with Gasteiger partial charge in [-0.2, -0.15) is 0 Å². The molecule has 0 saturated carbocycles. The molecule has 0 aliphatic heterocycles. The fraction of sp³-hybridized carbons (Fsp3) is 0.0891. The van der Waals surface area contributed by atoms with Crippen LogP contribution in [-0.2, 0) is 10.8 Å². The quantitative estimate of drug-likeness (QED) is 0.156. The van der Waals surface area contributed by atoms with Gasteiger partial charge in [0.2, 0.25) is 0 Å². The molecule has 0 radical (unpaired) electrons. The first kappa shape index (κ1) is 58.8. The Labute approximate surface area is 596 Å². The summed E-state index contributed by atoms with van der Waals surface area (Å²) in [6, 6.07) is 128. The molecule has 480 valence electrons. The van der Waals surface area contributed by atoms with Crippen LogP contribution in [0.3, 0.4) is 0 Å². The third-order valence-electron chi connectivity index (χ3n) is 24.1. The maximum absolute atomic E-state index is 2.50. The summed E-state index contributed by atoms with van der Waals surface area (Å²) in [7, 11) is 0. The Bertz CT molecular complexity index is 6390. The fourth-order valence-electron chi connectivity index (χ4n) is 19.4. The van der Waals surface area contributed by atoms with Crippen molar-refractivity contribution in [3.63, 3.8) is 0 Å². The molecule has 16 aromatic carbocycles. The van der Waals surface area contributed by atoms with Crippen LogP contribution in [0.15, 0.2) is 340 Å². The largest absolute Gasteiger partial charge is 0.309 e. The lowest BCUT2D eigenvalue weighted by atomic mass is 9.76. The van der Waals surface area contributed by atoms with E-state index in [-0.39, 0.29) is 28.6 Å². The third-order valence-corrected chi connectivity index (χ3v) is 24.1. The van der Waals surface area contributed by atoms with E-state index < -0.39 is 0 Å². The summed E-state index contributed by atoms with van der Waals surface area (Å²) in [6.45, 7) is 9.57. The van der Waals surface area contributed by atoms with Gasteiger partial charge < -0.3 is 4.57 Å². The highest BCUT2D eigenvalue weighted by Crippen LogP contribution is 2.60. The molecule has 3 unspecified atom stereocenters. The van der Waals surface area contributed by atoms with Gasteiger partial charge in [-0.05, 0) is 209 Å². The molecule has 5 aliphatic rings. The van der Waals surface area contributed by atoms with Crippen LogP contribution in [-0.4, -0.2) is 4.57 Å². The van der Waals surface area contributed by atoms with E-state index >= 15 is 0 Å². The number of hydrogen-bond donors (Lipinski definition) is 0. The van der Waals surface area contributed by atoms with Crippen molar-refractivity contribution < 1.29 is 0 Å². The fourth-order valence-corrected chi connectivity index (χ4v) is 19.4. The monoisotopic (exact) mass is 1300 g/mol. The highest BCUT2D eigenvalue weighted by Gasteiger charge is 2.44. The van der Waals surface area contributed by atoms with Gasteiger partial charge in [-0.3, -0.25) is 0 Å². The lowest BCUT2D eigenvalue weighted by molar-refractivity contribution is 0.650. The van der Waals surface area contributed by atoms with E-state index in [1.165, 1.54) is 199 Å². The van der Waals surface area contributed by atoms with Crippen molar-refractivity contribution in [2.24, 2.45) is 0 Å². The van der Waals surface area contributed by atoms with Crippen molar-refractivity contribution in [3.05, 3.63) is 412 Å². The minimum Gasteiger partial charge on any atom is -0.309 e. The zero-order chi connectivity index (χ0) is 67.7. The number of nitrogens with zero attached hydrogens (tertiary/aromatic N) is 1. The Balaban J connectivity index is 0.000000133. The number of aromatic nitrogens is 1. The summed E-state index contributed by atoms with van der Waals surface area (Å²) >= 11 is 0. The van der Waals surface area contributed by atoms with E-state index in [0.717, 1.165) is 0 Å². The Morgan fingerprint density at radius 1 is 0.255 bits per heavy atom. The Hall–Kier alpha value is -12.2. The first-order chi connectivity index (χ1) is 50.1. The van der Waals surface area contributed by atoms with Crippen LogP contribution in [0.1, 0.15) is 118 Å². The second kappa shape index (κ2) is 22.2. The number of fused-ring (bicyclic) bond motifs is 22. The molecule has 102 heavy (non-hydrogen) atoms. The van der Waals surface area contributed by atoms with Crippen LogP contribution in [0, 0.1) is 0 Å². The van der Waals surface area contributed by atoms with Gasteiger partial charge >= 0.3 is 0 Å². The molecule has 0 bridgehead atoms. The summed E-state index contributed by atoms with van der Waals surface area (Å²) in [5.41, 5.74) is 40.4. The average molecular weight is 1300 g/mol. The third kappa shape index (κ3) is 8.58. The molecular formula is C101H71N. The van der Waals surface area contributed by atoms with E-state index in [1.807, 2.05) is 0 Å². The summed E-state index contributed by atoms with van der Waals surface area (Å²) in [5, 5.41) is 7.73. The molecule has 0 spiro atoms. The van der Waals surface area contributed by atoms with Crippen molar-refractivity contribution in [3.8, 4) is 83.6 Å². The van der Waals surface area contributed by atoms with Gasteiger partial charge in [0.25, 0.3) is 0 Å². The Kier molecular flexibility index (Phi) is 12.8. The average Bonchev–Trinajstić information content (AvgIpc) is 1.54. The van der Waals surface area contributed by atoms with Crippen molar-refractivity contribution in [1.29, 1.82) is 0 Å². The summed E-state index contributed by atoms with van der Waals surface area (Å²) in [4.78, 5) is 0. The minimum absolute atomic E-state index is 0.0608. The SMILES string of the molecule is CC1(C)c2ccccc2-c2c1ccc1c3cc(-c4ccc5c(c4)-c4ccccc4C5c4ccc5ccccc5c4)ccc3n(-c3ccccc3)c21.CC1(C)c2ccccc2-c2ccc3c(c21)C(c1ccccc1)c1ccc(-c2ccc4c(c2)-c2ccccc2C4c2ccc4ccccc4c2)cc1-3. The first-order valence-corrected chi connectivity index (χ1v) is 36.3. The maximum atomic E-state index is 2.50. The Morgan fingerprint density at radius 2 is 0.706 bits per heavy atom. The molecule has 0 N–H and O–H groups in total. The van der Waals surface area contributed by atoms with Gasteiger partial charge in [0, 0.05) is 50.6 Å². The van der Waals surface area contributed by atoms with E-state index in [4.69, 9.17) is 0 Å². The summed E-state index contributed by atoms with van der Waals surface area (Å²) in [6.07, 6.45) is 0. The zero-order valence-corrected chi connectivity index (χ0v) is 57.5. The lowest BCUT2D eigenvalue weighted by Crippen LogP contribution is -2.18. The highest BCUT2D eigenvalue weighted by atomic mass is 15.0. The topological polar surface area (TPSA) is 4.93 Å². The van der Waals surface area contributed by atoms with E-state index in [2.05, 4.69) is 372 Å². The zero-order valence-electron chi connectivity index (χ0n) is 57.5. The van der Waals surface area contributed by atoms with Crippen LogP contribution in [0.2, 0.25) is 0 Å². The van der Waals surface area contributed by atoms with Gasteiger partial charge in [0.05, 0.1) is 11.0 Å². The van der Waals surface area contributed by atoms with Crippen molar-refractivity contribution in [2.75, 3.05) is 0 Å². The predicted molar refractivity (Wildman–Crippen MR) is 427 cm³/mol. The van der Waals surface area contributed by atoms with Gasteiger partial charge in [-0.1, -0.05) is 325 Å². The highest BCUT2D eigenvalue weighted by molar-refractivity contribution is 6.16. The number of rotatable bonds is 6. The Morgan fingerprint density at radius 3 is 1.30 bits per heavy atom. The van der Waals surface area contributed by atoms with Crippen LogP contribution in [0.4, 0.5) is 0 Å². The molecule has 17 aromatic rings. The second-order valence-electron chi connectivity index (χ2n) is 30.1. The van der Waals surface area contributed by atoms with Gasteiger partial charge in [0.15, 0.2) is 0 Å². The molecule has 1 aromatic heterocycles. The predicted octanol–water partition coefficient (Wildman–Crippen LogP) is 26.2. The number of hydrogen-bond acceptors (Lipinski definition) is 0. The molecular weight excluding hydrogens is 1230 g/mol. The van der Waals surface area contributed by atoms with Crippen LogP contribution in [0.5, 0.6) is 0 Å². The van der Waals surface area contributed by atoms with Gasteiger partial charge in [0.1, 0.15) is 0 Å². The van der Waals surface area contributed by atoms with Crippen LogP contribution < -0.4 is 0 Å². The second-order valence-corrected chi connectivity index (χ2v) is 30.1. The van der Waals surface area contributed by atoms with Gasteiger partial charge in [-0.25, -0.2) is 0 Å². The molecule has 1 nitrogen and oxygen atoms in total. The van der Waals surface area contributed by atoms with Crippen LogP contribution >= 0.6 is 0 Å². The number of benzene rings is 16. The standard InChI is InChI=1S/C51H36.C50H35N/c1-51(2)46-19-11-10-17-38(46)43-27-26-42-45-30-35(23-25-41(45)48(49(42)50(43)51)32-13-4-3-5-14-32)34-22-24-40-44(29-34)37-16-8-9-18-39(37)47(40)36-21-20-31-12-6-7-15-33(31)28-36;1-50(2)44-19-11-10-18-41(44)48-45(50)26-25-40-43-30-34(23-27-46(43)51(49(40)48)36-14-4-3-5-15-36)33-22-24-39-42(29-33)37-16-8-9-17-38(37)47(39)35-21-20-31-12-6-7-13-32(31)28-35/h3-30,47-48H,1-2H3;3-30,47H,1-2H3. The molecule has 22 rings (SSSR count). The van der Waals surface area contributed by atoms with Crippen molar-refractivity contribution in [2.45, 2.75) is 56.3 Å². The lowest BCUT2D eigenvalue weighted by Gasteiger charge is -2.27. The van der Waals surface area contributed by atoms with E-state index in [1.54, 1.807) is 0 Å². The number of para-hydroxylation sites is 1. The molecule has 5 aliphatic carbocycles. The molecule has 0 saturated heterocycles. The van der Waals surface area contributed by atoms with Gasteiger partial charge in [-0.15, -0.1) is 0 Å². The van der Waals surface area contributed by atoms with E-state index in [9.17, 15) is 0 Å². The molecule has 0 fully saturated rings. The van der Waals surface area contributed by atoms with Crippen molar-refractivity contribution in [1.82, 2.24) is 4.57 Å². The summed E-state index contributed by atoms with van der Waals surface area (Å²) in [5.74, 6) is 0.641.